The third kappa shape index (κ3) is 8.46. The van der Waals surface area contributed by atoms with Crippen molar-refractivity contribution in [2.45, 2.75) is 81.6 Å². The fourth-order valence-electron chi connectivity index (χ4n) is 3.71. The van der Waals surface area contributed by atoms with E-state index in [9.17, 15) is 0 Å². The second kappa shape index (κ2) is 5.59. The van der Waals surface area contributed by atoms with Crippen molar-refractivity contribution in [2.24, 2.45) is 16.2 Å². The Morgan fingerprint density at radius 1 is 0.824 bits per heavy atom. The van der Waals surface area contributed by atoms with Gasteiger partial charge in [0.15, 0.2) is 0 Å². The monoisotopic (exact) mass is 238 g/mol. The van der Waals surface area contributed by atoms with Crippen molar-refractivity contribution < 1.29 is 0 Å². The van der Waals surface area contributed by atoms with Gasteiger partial charge in [-0.3, -0.25) is 0 Å². The first kappa shape index (κ1) is 16.7. The van der Waals surface area contributed by atoms with E-state index in [1.54, 1.807) is 0 Å². The number of rotatable bonds is 5. The molecule has 0 radical (unpaired) electrons. The minimum absolute atomic E-state index is 0.408. The lowest BCUT2D eigenvalue weighted by molar-refractivity contribution is 0.133. The van der Waals surface area contributed by atoms with Crippen molar-refractivity contribution in [3.05, 3.63) is 11.6 Å². The predicted molar refractivity (Wildman–Crippen MR) is 80.3 cm³/mol. The maximum absolute atomic E-state index is 2.42. The molecule has 0 unspecified atom stereocenters. The summed E-state index contributed by atoms with van der Waals surface area (Å²) in [6, 6.07) is 0. The Kier molecular flexibility index (Phi) is 5.50. The van der Waals surface area contributed by atoms with Gasteiger partial charge < -0.3 is 0 Å². The van der Waals surface area contributed by atoms with Gasteiger partial charge in [0, 0.05) is 0 Å². The van der Waals surface area contributed by atoms with Crippen LogP contribution in [0.25, 0.3) is 0 Å². The Morgan fingerprint density at radius 3 is 1.65 bits per heavy atom. The Morgan fingerprint density at radius 2 is 1.29 bits per heavy atom. The van der Waals surface area contributed by atoms with Gasteiger partial charge in [0.1, 0.15) is 0 Å². The van der Waals surface area contributed by atoms with Crippen molar-refractivity contribution in [1.29, 1.82) is 0 Å². The second-order valence-electron chi connectivity index (χ2n) is 8.55. The molecule has 0 nitrogen and oxygen atoms in total. The van der Waals surface area contributed by atoms with E-state index in [2.05, 4.69) is 68.4 Å². The van der Waals surface area contributed by atoms with Crippen LogP contribution in [0.4, 0.5) is 0 Å². The highest BCUT2D eigenvalue weighted by Crippen LogP contribution is 2.43. The third-order valence-electron chi connectivity index (χ3n) is 3.22. The lowest BCUT2D eigenvalue weighted by atomic mass is 9.66. The van der Waals surface area contributed by atoms with Crippen LogP contribution in [0.2, 0.25) is 0 Å². The molecule has 0 aromatic rings. The molecule has 102 valence electrons. The highest BCUT2D eigenvalue weighted by atomic mass is 14.4. The van der Waals surface area contributed by atoms with Gasteiger partial charge in [-0.25, -0.2) is 0 Å². The highest BCUT2D eigenvalue weighted by Gasteiger charge is 2.32. The van der Waals surface area contributed by atoms with Crippen LogP contribution >= 0.6 is 0 Å². The van der Waals surface area contributed by atoms with Gasteiger partial charge in [-0.1, -0.05) is 60.1 Å². The molecule has 0 aromatic heterocycles. The van der Waals surface area contributed by atoms with Crippen LogP contribution in [-0.2, 0) is 0 Å². The van der Waals surface area contributed by atoms with Crippen molar-refractivity contribution in [3.63, 3.8) is 0 Å². The zero-order chi connectivity index (χ0) is 13.9. The lowest BCUT2D eigenvalue weighted by Crippen LogP contribution is -2.27. The summed E-state index contributed by atoms with van der Waals surface area (Å²) in [7, 11) is 0. The summed E-state index contributed by atoms with van der Waals surface area (Å²) in [6.45, 7) is 21.1. The zero-order valence-corrected chi connectivity index (χ0v) is 13.7. The summed E-state index contributed by atoms with van der Waals surface area (Å²) in [5.74, 6) is 0. The van der Waals surface area contributed by atoms with Crippen LogP contribution in [-0.4, -0.2) is 0 Å². The van der Waals surface area contributed by atoms with E-state index in [4.69, 9.17) is 0 Å². The van der Waals surface area contributed by atoms with Crippen molar-refractivity contribution in [1.82, 2.24) is 0 Å². The molecule has 0 rings (SSSR count). The van der Waals surface area contributed by atoms with Crippen LogP contribution in [0.5, 0.6) is 0 Å². The molecule has 17 heavy (non-hydrogen) atoms. The topological polar surface area (TPSA) is 0 Å². The standard InChI is InChI=1S/C17H34/c1-10-14(2)11-16(6,7)13-17(8,9)12-15(3,4)5/h10H,11-13H2,1-9H3/b14-10+. The number of hydrogen-bond acceptors (Lipinski definition) is 0. The van der Waals surface area contributed by atoms with E-state index in [0.717, 1.165) is 0 Å². The molecular formula is C17H34. The molecule has 0 aromatic carbocycles. The van der Waals surface area contributed by atoms with Gasteiger partial charge in [0.25, 0.3) is 0 Å². The molecular weight excluding hydrogens is 204 g/mol. The minimum atomic E-state index is 0.408. The van der Waals surface area contributed by atoms with Crippen molar-refractivity contribution in [2.75, 3.05) is 0 Å². The zero-order valence-electron chi connectivity index (χ0n) is 13.7. The minimum Gasteiger partial charge on any atom is -0.0887 e. The highest BCUT2D eigenvalue weighted by molar-refractivity contribution is 5.00. The number of allylic oxidation sites excluding steroid dienone is 2. The van der Waals surface area contributed by atoms with Gasteiger partial charge in [-0.2, -0.15) is 0 Å². The van der Waals surface area contributed by atoms with E-state index >= 15 is 0 Å². The summed E-state index contributed by atoms with van der Waals surface area (Å²) >= 11 is 0. The molecule has 0 heterocycles. The maximum Gasteiger partial charge on any atom is -0.0271 e. The quantitative estimate of drug-likeness (QED) is 0.499. The van der Waals surface area contributed by atoms with Crippen molar-refractivity contribution in [3.8, 4) is 0 Å². The Balaban J connectivity index is 4.58. The Bertz CT molecular complexity index is 258. The smallest absolute Gasteiger partial charge is 0.0271 e. The molecule has 0 spiro atoms. The van der Waals surface area contributed by atoms with E-state index in [0.29, 0.717) is 16.2 Å². The van der Waals surface area contributed by atoms with Crippen LogP contribution in [0.3, 0.4) is 0 Å². The molecule has 0 N–H and O–H groups in total. The molecule has 0 bridgehead atoms. The molecule has 0 saturated heterocycles. The largest absolute Gasteiger partial charge is 0.0887 e. The van der Waals surface area contributed by atoms with Gasteiger partial charge in [0.2, 0.25) is 0 Å². The Labute approximate surface area is 110 Å². The molecule has 0 aliphatic heterocycles. The Hall–Kier alpha value is -0.260. The van der Waals surface area contributed by atoms with Gasteiger partial charge in [0.05, 0.1) is 0 Å². The molecule has 0 fully saturated rings. The number of hydrogen-bond donors (Lipinski definition) is 0. The molecule has 0 heteroatoms. The molecule has 0 atom stereocenters. The second-order valence-corrected chi connectivity index (χ2v) is 8.55. The summed E-state index contributed by atoms with van der Waals surface area (Å²) in [6.07, 6.45) is 6.05. The molecule has 0 aliphatic rings. The van der Waals surface area contributed by atoms with Gasteiger partial charge >= 0.3 is 0 Å². The predicted octanol–water partition coefficient (Wildman–Crippen LogP) is 6.22. The summed E-state index contributed by atoms with van der Waals surface area (Å²) in [5, 5.41) is 0. The van der Waals surface area contributed by atoms with Crippen LogP contribution in [0, 0.1) is 16.2 Å². The van der Waals surface area contributed by atoms with Gasteiger partial charge in [-0.05, 0) is 49.4 Å². The van der Waals surface area contributed by atoms with E-state index in [1.807, 2.05) is 0 Å². The average molecular weight is 238 g/mol. The van der Waals surface area contributed by atoms with Crippen molar-refractivity contribution >= 4 is 0 Å². The summed E-state index contributed by atoms with van der Waals surface area (Å²) in [5.41, 5.74) is 2.78. The lowest BCUT2D eigenvalue weighted by Gasteiger charge is -2.39. The van der Waals surface area contributed by atoms with Crippen LogP contribution in [0.15, 0.2) is 11.6 Å². The SMILES string of the molecule is C/C=C(\C)CC(C)(C)CC(C)(C)CC(C)(C)C. The maximum atomic E-state index is 2.42. The van der Waals surface area contributed by atoms with E-state index in [1.165, 1.54) is 24.8 Å². The fourth-order valence-corrected chi connectivity index (χ4v) is 3.71. The molecule has 0 saturated carbocycles. The normalized spacial score (nSPS) is 15.2. The van der Waals surface area contributed by atoms with E-state index < -0.39 is 0 Å². The van der Waals surface area contributed by atoms with Gasteiger partial charge in [-0.15, -0.1) is 0 Å². The van der Waals surface area contributed by atoms with Crippen LogP contribution < -0.4 is 0 Å². The molecule has 0 amide bonds. The average Bonchev–Trinajstić information content (AvgIpc) is 1.94. The first-order valence-electron chi connectivity index (χ1n) is 6.99. The summed E-state index contributed by atoms with van der Waals surface area (Å²) in [4.78, 5) is 0. The fraction of sp³-hybridized carbons (Fsp3) is 0.882. The first-order chi connectivity index (χ1) is 7.37. The van der Waals surface area contributed by atoms with E-state index in [-0.39, 0.29) is 0 Å². The third-order valence-corrected chi connectivity index (χ3v) is 3.22. The first-order valence-corrected chi connectivity index (χ1v) is 6.99. The summed E-state index contributed by atoms with van der Waals surface area (Å²) < 4.78 is 0. The molecule has 0 aliphatic carbocycles. The van der Waals surface area contributed by atoms with Crippen LogP contribution in [0.1, 0.15) is 81.6 Å².